The zero-order valence-electron chi connectivity index (χ0n) is 15.7. The summed E-state index contributed by atoms with van der Waals surface area (Å²) in [4.78, 5) is 11.3. The highest BCUT2D eigenvalue weighted by atomic mass is 16.5. The van der Waals surface area contributed by atoms with Crippen LogP contribution in [0.5, 0.6) is 5.75 Å². The van der Waals surface area contributed by atoms with Crippen molar-refractivity contribution in [2.75, 3.05) is 25.1 Å². The number of rotatable bonds is 3. The fraction of sp³-hybridized carbons (Fsp3) is 0.476. The molecule has 1 aliphatic heterocycles. The molecule has 2 aliphatic rings. The minimum atomic E-state index is 0.660. The SMILES string of the molecule is COc1ccc(-c2cnc3ncnn3c2N2CC[C@H]3CCCC[C@@H]3C2)cc1. The van der Waals surface area contributed by atoms with Gasteiger partial charge in [0.25, 0.3) is 5.78 Å². The van der Waals surface area contributed by atoms with Crippen molar-refractivity contribution < 1.29 is 4.74 Å². The number of hydrogen-bond acceptors (Lipinski definition) is 5. The van der Waals surface area contributed by atoms with Gasteiger partial charge in [-0.1, -0.05) is 31.4 Å². The molecule has 1 aliphatic carbocycles. The van der Waals surface area contributed by atoms with E-state index in [4.69, 9.17) is 4.74 Å². The molecule has 0 bridgehead atoms. The van der Waals surface area contributed by atoms with E-state index >= 15 is 0 Å². The Morgan fingerprint density at radius 2 is 1.81 bits per heavy atom. The first-order valence-corrected chi connectivity index (χ1v) is 9.91. The van der Waals surface area contributed by atoms with E-state index in [-0.39, 0.29) is 0 Å². The molecule has 0 unspecified atom stereocenters. The standard InChI is InChI=1S/C21H25N5O/c1-27-18-8-6-16(7-9-18)19-12-22-21-23-14-24-26(21)20(19)25-11-10-15-4-2-3-5-17(15)13-25/h6-9,12,14-15,17H,2-5,10-11,13H2,1H3/t15-,17-/m1/s1. The smallest absolute Gasteiger partial charge is 0.254 e. The molecule has 3 aromatic rings. The van der Waals surface area contributed by atoms with Crippen LogP contribution in [0.2, 0.25) is 0 Å². The molecule has 0 spiro atoms. The van der Waals surface area contributed by atoms with Crippen LogP contribution in [0.1, 0.15) is 32.1 Å². The van der Waals surface area contributed by atoms with Crippen molar-refractivity contribution >= 4 is 11.6 Å². The average Bonchev–Trinajstić information content (AvgIpc) is 3.21. The zero-order valence-corrected chi connectivity index (χ0v) is 15.7. The Morgan fingerprint density at radius 3 is 2.63 bits per heavy atom. The topological polar surface area (TPSA) is 55.6 Å². The van der Waals surface area contributed by atoms with Crippen molar-refractivity contribution in [3.63, 3.8) is 0 Å². The molecule has 0 N–H and O–H groups in total. The first-order valence-electron chi connectivity index (χ1n) is 9.91. The van der Waals surface area contributed by atoms with Crippen LogP contribution in [0.15, 0.2) is 36.8 Å². The monoisotopic (exact) mass is 363 g/mol. The van der Waals surface area contributed by atoms with Gasteiger partial charge in [-0.2, -0.15) is 14.6 Å². The summed E-state index contributed by atoms with van der Waals surface area (Å²) < 4.78 is 7.22. The van der Waals surface area contributed by atoms with E-state index < -0.39 is 0 Å². The third-order valence-electron chi connectivity index (χ3n) is 6.27. The molecule has 1 saturated carbocycles. The molecule has 1 saturated heterocycles. The van der Waals surface area contributed by atoms with E-state index in [1.807, 2.05) is 22.8 Å². The second-order valence-electron chi connectivity index (χ2n) is 7.74. The van der Waals surface area contributed by atoms with Gasteiger partial charge in [-0.3, -0.25) is 0 Å². The number of piperidine rings is 1. The van der Waals surface area contributed by atoms with Crippen LogP contribution >= 0.6 is 0 Å². The summed E-state index contributed by atoms with van der Waals surface area (Å²) in [5.41, 5.74) is 2.23. The van der Waals surface area contributed by atoms with Gasteiger partial charge in [0.05, 0.1) is 7.11 Å². The van der Waals surface area contributed by atoms with Gasteiger partial charge >= 0.3 is 0 Å². The van der Waals surface area contributed by atoms with Crippen LogP contribution in [-0.2, 0) is 0 Å². The van der Waals surface area contributed by atoms with Gasteiger partial charge in [0.2, 0.25) is 0 Å². The Balaban J connectivity index is 1.58. The highest BCUT2D eigenvalue weighted by molar-refractivity contribution is 5.77. The average molecular weight is 363 g/mol. The first kappa shape index (κ1) is 16.5. The minimum Gasteiger partial charge on any atom is -0.497 e. The molecular weight excluding hydrogens is 338 g/mol. The van der Waals surface area contributed by atoms with Crippen LogP contribution in [-0.4, -0.2) is 39.8 Å². The molecule has 0 radical (unpaired) electrons. The zero-order chi connectivity index (χ0) is 18.2. The highest BCUT2D eigenvalue weighted by Crippen LogP contribution is 2.40. The molecule has 6 heteroatoms. The second-order valence-corrected chi connectivity index (χ2v) is 7.74. The summed E-state index contributed by atoms with van der Waals surface area (Å²) in [6.07, 6.45) is 10.3. The predicted octanol–water partition coefficient (Wildman–Crippen LogP) is 3.82. The summed E-state index contributed by atoms with van der Waals surface area (Å²) in [6, 6.07) is 8.18. The van der Waals surface area contributed by atoms with Gasteiger partial charge in [0, 0.05) is 24.8 Å². The van der Waals surface area contributed by atoms with E-state index in [0.717, 1.165) is 47.6 Å². The lowest BCUT2D eigenvalue weighted by molar-refractivity contribution is 0.202. The predicted molar refractivity (Wildman–Crippen MR) is 105 cm³/mol. The van der Waals surface area contributed by atoms with Crippen molar-refractivity contribution in [3.8, 4) is 16.9 Å². The number of anilines is 1. The number of ether oxygens (including phenoxy) is 1. The molecule has 27 heavy (non-hydrogen) atoms. The number of fused-ring (bicyclic) bond motifs is 2. The minimum absolute atomic E-state index is 0.660. The molecule has 1 aromatic carbocycles. The Hall–Kier alpha value is -2.63. The summed E-state index contributed by atoms with van der Waals surface area (Å²) in [7, 11) is 1.69. The van der Waals surface area contributed by atoms with Crippen molar-refractivity contribution in [2.24, 2.45) is 11.8 Å². The molecule has 0 amide bonds. The highest BCUT2D eigenvalue weighted by Gasteiger charge is 2.33. The van der Waals surface area contributed by atoms with Crippen LogP contribution in [0.4, 0.5) is 5.82 Å². The molecule has 5 rings (SSSR count). The quantitative estimate of drug-likeness (QED) is 0.708. The van der Waals surface area contributed by atoms with Crippen molar-refractivity contribution in [1.82, 2.24) is 19.6 Å². The number of benzene rings is 1. The summed E-state index contributed by atoms with van der Waals surface area (Å²) in [5, 5.41) is 4.49. The third-order valence-corrected chi connectivity index (χ3v) is 6.27. The Bertz CT molecular complexity index is 935. The lowest BCUT2D eigenvalue weighted by Gasteiger charge is -2.42. The van der Waals surface area contributed by atoms with Gasteiger partial charge in [-0.05, 0) is 42.4 Å². The number of aromatic nitrogens is 4. The molecule has 6 nitrogen and oxygen atoms in total. The Kier molecular flexibility index (Phi) is 4.19. The third kappa shape index (κ3) is 2.93. The van der Waals surface area contributed by atoms with Crippen LogP contribution in [0, 0.1) is 11.8 Å². The molecule has 2 atom stereocenters. The van der Waals surface area contributed by atoms with Crippen molar-refractivity contribution in [1.29, 1.82) is 0 Å². The largest absolute Gasteiger partial charge is 0.497 e. The fourth-order valence-electron chi connectivity index (χ4n) is 4.84. The van der Waals surface area contributed by atoms with Gasteiger partial charge < -0.3 is 9.64 Å². The van der Waals surface area contributed by atoms with Gasteiger partial charge in [0.15, 0.2) is 0 Å². The van der Waals surface area contributed by atoms with E-state index in [1.54, 1.807) is 13.4 Å². The molecule has 140 valence electrons. The maximum absolute atomic E-state index is 5.32. The van der Waals surface area contributed by atoms with Crippen molar-refractivity contribution in [2.45, 2.75) is 32.1 Å². The van der Waals surface area contributed by atoms with E-state index in [1.165, 1.54) is 32.1 Å². The lowest BCUT2D eigenvalue weighted by Crippen LogP contribution is -2.42. The molecular formula is C21H25N5O. The number of methoxy groups -OCH3 is 1. The summed E-state index contributed by atoms with van der Waals surface area (Å²) in [5.74, 6) is 4.33. The lowest BCUT2D eigenvalue weighted by atomic mass is 9.75. The van der Waals surface area contributed by atoms with Gasteiger partial charge in [-0.25, -0.2) is 4.98 Å². The van der Waals surface area contributed by atoms with E-state index in [0.29, 0.717) is 5.78 Å². The molecule has 3 heterocycles. The number of hydrogen-bond donors (Lipinski definition) is 0. The van der Waals surface area contributed by atoms with Crippen molar-refractivity contribution in [3.05, 3.63) is 36.8 Å². The van der Waals surface area contributed by atoms with Crippen LogP contribution in [0.25, 0.3) is 16.9 Å². The van der Waals surface area contributed by atoms with Gasteiger partial charge in [0.1, 0.15) is 17.9 Å². The van der Waals surface area contributed by atoms with E-state index in [2.05, 4.69) is 32.1 Å². The second kappa shape index (κ2) is 6.83. The normalized spacial score (nSPS) is 22.6. The van der Waals surface area contributed by atoms with Crippen LogP contribution in [0.3, 0.4) is 0 Å². The fourth-order valence-corrected chi connectivity index (χ4v) is 4.84. The first-order chi connectivity index (χ1) is 13.3. The molecule has 2 aromatic heterocycles. The van der Waals surface area contributed by atoms with Gasteiger partial charge in [-0.15, -0.1) is 0 Å². The Morgan fingerprint density at radius 1 is 1.00 bits per heavy atom. The maximum atomic E-state index is 5.32. The summed E-state index contributed by atoms with van der Waals surface area (Å²) >= 11 is 0. The van der Waals surface area contributed by atoms with E-state index in [9.17, 15) is 0 Å². The van der Waals surface area contributed by atoms with Crippen LogP contribution < -0.4 is 9.64 Å². The number of nitrogens with zero attached hydrogens (tertiary/aromatic N) is 5. The molecule has 2 fully saturated rings. The Labute approximate surface area is 159 Å². The maximum Gasteiger partial charge on any atom is 0.254 e. The summed E-state index contributed by atoms with van der Waals surface area (Å²) in [6.45, 7) is 2.18.